The smallest absolute Gasteiger partial charge is 0.195 e. The number of fused-ring (bicyclic) bond motifs is 1. The number of nitrogens with one attached hydrogen (secondary N) is 1. The lowest BCUT2D eigenvalue weighted by molar-refractivity contribution is 0.104. The van der Waals surface area contributed by atoms with Crippen LogP contribution in [0.15, 0.2) is 47.1 Å². The van der Waals surface area contributed by atoms with E-state index in [1.807, 2.05) is 6.07 Å². The number of hydrogen-bond donors (Lipinski definition) is 1. The Labute approximate surface area is 133 Å². The first-order valence-corrected chi connectivity index (χ1v) is 7.37. The van der Waals surface area contributed by atoms with Gasteiger partial charge in [-0.2, -0.15) is 0 Å². The van der Waals surface area contributed by atoms with Crippen molar-refractivity contribution in [2.75, 3.05) is 0 Å². The molecule has 2 nitrogen and oxygen atoms in total. The number of benzene rings is 2. The topological polar surface area (TPSA) is 32.9 Å². The fourth-order valence-corrected chi connectivity index (χ4v) is 2.68. The minimum Gasteiger partial charge on any atom is -0.360 e. The van der Waals surface area contributed by atoms with Gasteiger partial charge in [-0.05, 0) is 46.3 Å². The second-order valence-corrected chi connectivity index (χ2v) is 6.05. The predicted octanol–water partition coefficient (Wildman–Crippen LogP) is 5.47. The van der Waals surface area contributed by atoms with Gasteiger partial charge >= 0.3 is 0 Å². The fourth-order valence-electron chi connectivity index (χ4n) is 2.08. The molecule has 1 N–H and O–H groups in total. The van der Waals surface area contributed by atoms with Gasteiger partial charge in [-0.1, -0.05) is 29.3 Å². The third-order valence-corrected chi connectivity index (χ3v) is 4.54. The summed E-state index contributed by atoms with van der Waals surface area (Å²) < 4.78 is 0.765. The number of hydrogen-bond acceptors (Lipinski definition) is 1. The number of ketones is 1. The van der Waals surface area contributed by atoms with Crippen molar-refractivity contribution in [2.45, 2.75) is 0 Å². The Balaban J connectivity index is 2.10. The molecule has 100 valence electrons. The maximum atomic E-state index is 12.5. The van der Waals surface area contributed by atoms with Crippen molar-refractivity contribution < 1.29 is 4.79 Å². The minimum atomic E-state index is -0.0760. The highest BCUT2D eigenvalue weighted by molar-refractivity contribution is 9.10. The molecule has 0 fully saturated rings. The molecule has 0 atom stereocenters. The SMILES string of the molecule is O=C(c1ccc(Br)c(Cl)c1)c1c[nH]c2cc(Cl)ccc12. The van der Waals surface area contributed by atoms with Gasteiger partial charge in [-0.15, -0.1) is 0 Å². The van der Waals surface area contributed by atoms with Crippen molar-refractivity contribution in [1.82, 2.24) is 4.98 Å². The van der Waals surface area contributed by atoms with Gasteiger partial charge in [0.05, 0.1) is 5.02 Å². The number of rotatable bonds is 2. The molecule has 3 aromatic rings. The minimum absolute atomic E-state index is 0.0760. The summed E-state index contributed by atoms with van der Waals surface area (Å²) >= 11 is 15.3. The van der Waals surface area contributed by atoms with Gasteiger partial charge in [0.25, 0.3) is 0 Å². The molecule has 1 heterocycles. The summed E-state index contributed by atoms with van der Waals surface area (Å²) in [5.41, 5.74) is 1.99. The lowest BCUT2D eigenvalue weighted by Gasteiger charge is -2.02. The summed E-state index contributed by atoms with van der Waals surface area (Å²) in [7, 11) is 0. The van der Waals surface area contributed by atoms with Crippen LogP contribution in [0.1, 0.15) is 15.9 Å². The van der Waals surface area contributed by atoms with E-state index in [1.165, 1.54) is 0 Å². The molecule has 2 aromatic carbocycles. The van der Waals surface area contributed by atoms with Gasteiger partial charge in [0.1, 0.15) is 0 Å². The largest absolute Gasteiger partial charge is 0.360 e. The van der Waals surface area contributed by atoms with Gasteiger partial charge in [0.2, 0.25) is 0 Å². The van der Waals surface area contributed by atoms with E-state index in [0.717, 1.165) is 15.4 Å². The average Bonchev–Trinajstić information content (AvgIpc) is 2.84. The van der Waals surface area contributed by atoms with Crippen molar-refractivity contribution >= 4 is 55.8 Å². The van der Waals surface area contributed by atoms with Gasteiger partial charge in [-0.25, -0.2) is 0 Å². The van der Waals surface area contributed by atoms with Crippen LogP contribution in [0, 0.1) is 0 Å². The van der Waals surface area contributed by atoms with Crippen LogP contribution in [0.4, 0.5) is 0 Å². The maximum absolute atomic E-state index is 12.5. The van der Waals surface area contributed by atoms with Crippen molar-refractivity contribution in [3.63, 3.8) is 0 Å². The summed E-state index contributed by atoms with van der Waals surface area (Å²) in [5, 5.41) is 1.99. The highest BCUT2D eigenvalue weighted by atomic mass is 79.9. The Bertz CT molecular complexity index is 826. The zero-order valence-corrected chi connectivity index (χ0v) is 13.2. The number of H-pyrrole nitrogens is 1. The van der Waals surface area contributed by atoms with Crippen molar-refractivity contribution in [3.8, 4) is 0 Å². The summed E-state index contributed by atoms with van der Waals surface area (Å²) in [6.07, 6.45) is 1.69. The van der Waals surface area contributed by atoms with E-state index in [2.05, 4.69) is 20.9 Å². The highest BCUT2D eigenvalue weighted by Gasteiger charge is 2.15. The number of carbonyl (C=O) groups excluding carboxylic acids is 1. The molecule has 3 rings (SSSR count). The fraction of sp³-hybridized carbons (Fsp3) is 0. The zero-order valence-electron chi connectivity index (χ0n) is 10.1. The van der Waals surface area contributed by atoms with Gasteiger partial charge in [0.15, 0.2) is 5.78 Å². The number of carbonyl (C=O) groups is 1. The molecule has 5 heteroatoms. The molecule has 0 radical (unpaired) electrons. The van der Waals surface area contributed by atoms with Crippen LogP contribution >= 0.6 is 39.1 Å². The van der Waals surface area contributed by atoms with E-state index in [9.17, 15) is 4.79 Å². The molecule has 20 heavy (non-hydrogen) atoms. The third kappa shape index (κ3) is 2.37. The molecule has 0 aliphatic heterocycles. The van der Waals surface area contributed by atoms with E-state index in [1.54, 1.807) is 36.5 Å². The number of aromatic nitrogens is 1. The van der Waals surface area contributed by atoms with Crippen LogP contribution in [-0.4, -0.2) is 10.8 Å². The molecule has 0 saturated heterocycles. The summed E-state index contributed by atoms with van der Waals surface area (Å²) in [4.78, 5) is 15.6. The molecule has 0 saturated carbocycles. The molecule has 0 bridgehead atoms. The van der Waals surface area contributed by atoms with Gasteiger partial charge < -0.3 is 4.98 Å². The maximum Gasteiger partial charge on any atom is 0.195 e. The van der Waals surface area contributed by atoms with E-state index < -0.39 is 0 Å². The van der Waals surface area contributed by atoms with Crippen LogP contribution in [0.5, 0.6) is 0 Å². The first-order valence-electron chi connectivity index (χ1n) is 5.82. The average molecular weight is 369 g/mol. The molecule has 0 aliphatic carbocycles. The van der Waals surface area contributed by atoms with E-state index in [0.29, 0.717) is 21.2 Å². The Morgan fingerprint density at radius 2 is 1.90 bits per heavy atom. The first kappa shape index (κ1) is 13.7. The normalized spacial score (nSPS) is 10.9. The van der Waals surface area contributed by atoms with Crippen LogP contribution in [0.25, 0.3) is 10.9 Å². The number of aromatic amines is 1. The number of halogens is 3. The van der Waals surface area contributed by atoms with E-state index in [4.69, 9.17) is 23.2 Å². The summed E-state index contributed by atoms with van der Waals surface area (Å²) in [5.74, 6) is -0.0760. The Hall–Kier alpha value is -1.29. The lowest BCUT2D eigenvalue weighted by atomic mass is 10.0. The molecular weight excluding hydrogens is 361 g/mol. The molecule has 0 amide bonds. The third-order valence-electron chi connectivity index (χ3n) is 3.07. The molecule has 0 aliphatic rings. The highest BCUT2D eigenvalue weighted by Crippen LogP contribution is 2.27. The molecular formula is C15H8BrCl2NO. The van der Waals surface area contributed by atoms with Crippen molar-refractivity contribution in [1.29, 1.82) is 0 Å². The Kier molecular flexibility index (Phi) is 3.59. The van der Waals surface area contributed by atoms with Crippen LogP contribution in [-0.2, 0) is 0 Å². The second-order valence-electron chi connectivity index (χ2n) is 4.35. The van der Waals surface area contributed by atoms with Gasteiger partial charge in [0, 0.05) is 37.7 Å². The lowest BCUT2D eigenvalue weighted by Crippen LogP contribution is -2.00. The quantitative estimate of drug-likeness (QED) is 0.598. The zero-order chi connectivity index (χ0) is 14.3. The summed E-state index contributed by atoms with van der Waals surface area (Å²) in [6, 6.07) is 10.6. The van der Waals surface area contributed by atoms with Crippen LogP contribution in [0.2, 0.25) is 10.0 Å². The van der Waals surface area contributed by atoms with Crippen molar-refractivity contribution in [2.24, 2.45) is 0 Å². The summed E-state index contributed by atoms with van der Waals surface area (Å²) in [6.45, 7) is 0. The standard InChI is InChI=1S/C15H8BrCl2NO/c16-12-4-1-8(5-13(12)18)15(20)11-7-19-14-6-9(17)2-3-10(11)14/h1-7,19H. The molecule has 0 unspecified atom stereocenters. The van der Waals surface area contributed by atoms with Gasteiger partial charge in [-0.3, -0.25) is 4.79 Å². The molecule has 0 spiro atoms. The van der Waals surface area contributed by atoms with Crippen LogP contribution < -0.4 is 0 Å². The predicted molar refractivity (Wildman–Crippen MR) is 85.9 cm³/mol. The Morgan fingerprint density at radius 1 is 1.10 bits per heavy atom. The van der Waals surface area contributed by atoms with Crippen molar-refractivity contribution in [3.05, 3.63) is 68.2 Å². The van der Waals surface area contributed by atoms with Crippen LogP contribution in [0.3, 0.4) is 0 Å². The van der Waals surface area contributed by atoms with E-state index >= 15 is 0 Å². The second kappa shape index (κ2) is 5.24. The first-order chi connectivity index (χ1) is 9.56. The molecule has 1 aromatic heterocycles. The Morgan fingerprint density at radius 3 is 2.65 bits per heavy atom. The van der Waals surface area contributed by atoms with E-state index in [-0.39, 0.29) is 5.78 Å². The monoisotopic (exact) mass is 367 g/mol.